The standard InChI is InChI=1S/C14H22N2O7S/c1-13(2,3)12(19)23-6-22-11(18)8-14(4,5)24(20,21)10-7(15)9(17)16(8)10/h7-8,10H,6,15H2,1-5H3/t7-,8+,10-/m1/s1. The summed E-state index contributed by atoms with van der Waals surface area (Å²) in [4.78, 5) is 36.8. The number of amides is 1. The summed E-state index contributed by atoms with van der Waals surface area (Å²) < 4.78 is 33.1. The number of sulfone groups is 1. The van der Waals surface area contributed by atoms with Gasteiger partial charge in [0.2, 0.25) is 12.7 Å². The van der Waals surface area contributed by atoms with Gasteiger partial charge in [0.1, 0.15) is 16.8 Å². The molecule has 0 radical (unpaired) electrons. The van der Waals surface area contributed by atoms with Gasteiger partial charge in [0, 0.05) is 0 Å². The summed E-state index contributed by atoms with van der Waals surface area (Å²) in [5, 5.41) is -1.23. The monoisotopic (exact) mass is 362 g/mol. The Morgan fingerprint density at radius 2 is 1.79 bits per heavy atom. The molecule has 2 aliphatic rings. The van der Waals surface area contributed by atoms with Crippen LogP contribution in [-0.4, -0.2) is 60.2 Å². The van der Waals surface area contributed by atoms with E-state index in [0.29, 0.717) is 0 Å². The third kappa shape index (κ3) is 2.48. The second-order valence-electron chi connectivity index (χ2n) is 7.48. The van der Waals surface area contributed by atoms with E-state index in [1.54, 1.807) is 20.8 Å². The minimum absolute atomic E-state index is 0.575. The van der Waals surface area contributed by atoms with Crippen LogP contribution in [0.4, 0.5) is 0 Å². The second-order valence-corrected chi connectivity index (χ2v) is 10.1. The number of nitrogens with two attached hydrogens (primary N) is 1. The topological polar surface area (TPSA) is 133 Å². The first-order valence-corrected chi connectivity index (χ1v) is 8.94. The minimum Gasteiger partial charge on any atom is -0.427 e. The Morgan fingerprint density at radius 3 is 2.29 bits per heavy atom. The average molecular weight is 362 g/mol. The highest BCUT2D eigenvalue weighted by Crippen LogP contribution is 2.45. The number of fused-ring (bicyclic) bond motifs is 1. The molecule has 24 heavy (non-hydrogen) atoms. The van der Waals surface area contributed by atoms with Crippen molar-refractivity contribution in [3.63, 3.8) is 0 Å². The molecule has 136 valence electrons. The molecular weight excluding hydrogens is 340 g/mol. The van der Waals surface area contributed by atoms with E-state index in [-0.39, 0.29) is 0 Å². The molecule has 2 saturated heterocycles. The smallest absolute Gasteiger partial charge is 0.333 e. The van der Waals surface area contributed by atoms with E-state index in [4.69, 9.17) is 15.2 Å². The maximum Gasteiger partial charge on any atom is 0.333 e. The molecule has 2 N–H and O–H groups in total. The molecule has 10 heteroatoms. The lowest BCUT2D eigenvalue weighted by molar-refractivity contribution is -0.179. The Labute approximate surface area is 140 Å². The van der Waals surface area contributed by atoms with Gasteiger partial charge in [-0.1, -0.05) is 0 Å². The molecular formula is C14H22N2O7S. The van der Waals surface area contributed by atoms with Crippen LogP contribution in [0.5, 0.6) is 0 Å². The van der Waals surface area contributed by atoms with Crippen molar-refractivity contribution in [3.05, 3.63) is 0 Å². The molecule has 0 aliphatic carbocycles. The third-order valence-electron chi connectivity index (χ3n) is 4.34. The van der Waals surface area contributed by atoms with E-state index in [1.165, 1.54) is 13.8 Å². The van der Waals surface area contributed by atoms with E-state index < -0.39 is 62.1 Å². The number of nitrogens with zero attached hydrogens (tertiary/aromatic N) is 1. The SMILES string of the molecule is CC(C)(C)C(=O)OCOC(=O)[C@@H]1N2C(=O)[C@@H](N)[C@H]2S(=O)(=O)C1(C)C. The third-order valence-corrected chi connectivity index (χ3v) is 7.18. The summed E-state index contributed by atoms with van der Waals surface area (Å²) in [5.74, 6) is -2.15. The zero-order valence-electron chi connectivity index (χ0n) is 14.2. The van der Waals surface area contributed by atoms with Crippen molar-refractivity contribution in [2.24, 2.45) is 11.1 Å². The summed E-state index contributed by atoms with van der Waals surface area (Å²) in [6.07, 6.45) is 0. The number of hydrogen-bond acceptors (Lipinski definition) is 8. The van der Waals surface area contributed by atoms with Crippen molar-refractivity contribution < 1.29 is 32.3 Å². The van der Waals surface area contributed by atoms with Crippen molar-refractivity contribution in [1.29, 1.82) is 0 Å². The van der Waals surface area contributed by atoms with Crippen LogP contribution in [-0.2, 0) is 33.7 Å². The normalized spacial score (nSPS) is 30.3. The van der Waals surface area contributed by atoms with Crippen LogP contribution in [0.1, 0.15) is 34.6 Å². The predicted molar refractivity (Wildman–Crippen MR) is 81.9 cm³/mol. The molecule has 0 aromatic carbocycles. The van der Waals surface area contributed by atoms with E-state index in [9.17, 15) is 22.8 Å². The lowest BCUT2D eigenvalue weighted by atomic mass is 9.96. The number of ether oxygens (including phenoxy) is 2. The van der Waals surface area contributed by atoms with Gasteiger partial charge in [-0.2, -0.15) is 0 Å². The summed E-state index contributed by atoms with van der Waals surface area (Å²) >= 11 is 0. The van der Waals surface area contributed by atoms with Gasteiger partial charge >= 0.3 is 11.9 Å². The van der Waals surface area contributed by atoms with Crippen LogP contribution in [0.25, 0.3) is 0 Å². The fourth-order valence-electron chi connectivity index (χ4n) is 2.76. The van der Waals surface area contributed by atoms with E-state index in [2.05, 4.69) is 0 Å². The summed E-state index contributed by atoms with van der Waals surface area (Å²) in [7, 11) is -3.84. The summed E-state index contributed by atoms with van der Waals surface area (Å²) in [6, 6.07) is -2.50. The van der Waals surface area contributed by atoms with Gasteiger partial charge in [-0.05, 0) is 34.6 Å². The zero-order valence-corrected chi connectivity index (χ0v) is 15.0. The second kappa shape index (κ2) is 5.41. The number of rotatable bonds is 3. The maximum absolute atomic E-state index is 12.5. The van der Waals surface area contributed by atoms with Crippen LogP contribution in [0.2, 0.25) is 0 Å². The fraction of sp³-hybridized carbons (Fsp3) is 0.786. The molecule has 0 bridgehead atoms. The molecule has 2 aliphatic heterocycles. The molecule has 0 aromatic heterocycles. The first-order valence-electron chi connectivity index (χ1n) is 7.39. The molecule has 3 atom stereocenters. The Kier molecular flexibility index (Phi) is 4.21. The number of hydrogen-bond donors (Lipinski definition) is 1. The first kappa shape index (κ1) is 18.7. The van der Waals surface area contributed by atoms with Crippen LogP contribution in [0.15, 0.2) is 0 Å². The number of β-lactam (4-membered cyclic amide) rings is 1. The Hall–Kier alpha value is -1.68. The van der Waals surface area contributed by atoms with Crippen LogP contribution < -0.4 is 5.73 Å². The van der Waals surface area contributed by atoms with Gasteiger partial charge in [0.25, 0.3) is 0 Å². The van der Waals surface area contributed by atoms with Crippen molar-refractivity contribution in [2.75, 3.05) is 6.79 Å². The fourth-order valence-corrected chi connectivity index (χ4v) is 4.93. The molecule has 0 spiro atoms. The van der Waals surface area contributed by atoms with Crippen molar-refractivity contribution in [2.45, 2.75) is 56.8 Å². The molecule has 1 amide bonds. The maximum atomic E-state index is 12.5. The highest BCUT2D eigenvalue weighted by molar-refractivity contribution is 7.94. The molecule has 2 fully saturated rings. The minimum atomic E-state index is -3.84. The summed E-state index contributed by atoms with van der Waals surface area (Å²) in [6.45, 7) is 6.93. The predicted octanol–water partition coefficient (Wildman–Crippen LogP) is -0.852. The van der Waals surface area contributed by atoms with Crippen LogP contribution in [0, 0.1) is 5.41 Å². The van der Waals surface area contributed by atoms with Crippen molar-refractivity contribution >= 4 is 27.7 Å². The highest BCUT2D eigenvalue weighted by atomic mass is 32.2. The van der Waals surface area contributed by atoms with Gasteiger partial charge in [-0.3, -0.25) is 9.59 Å². The van der Waals surface area contributed by atoms with Gasteiger partial charge in [0.15, 0.2) is 15.2 Å². The van der Waals surface area contributed by atoms with Gasteiger partial charge < -0.3 is 20.1 Å². The van der Waals surface area contributed by atoms with Gasteiger partial charge in [-0.25, -0.2) is 13.2 Å². The van der Waals surface area contributed by atoms with Crippen molar-refractivity contribution in [3.8, 4) is 0 Å². The molecule has 2 rings (SSSR count). The van der Waals surface area contributed by atoms with E-state index in [1.807, 2.05) is 0 Å². The quantitative estimate of drug-likeness (QED) is 0.390. The highest BCUT2D eigenvalue weighted by Gasteiger charge is 2.71. The zero-order chi connectivity index (χ0) is 18.7. The average Bonchev–Trinajstić information content (AvgIpc) is 2.58. The molecule has 0 unspecified atom stereocenters. The first-order chi connectivity index (χ1) is 10.7. The Balaban J connectivity index is 2.12. The molecule has 2 heterocycles. The number of esters is 2. The van der Waals surface area contributed by atoms with Crippen molar-refractivity contribution in [1.82, 2.24) is 4.90 Å². The summed E-state index contributed by atoms with van der Waals surface area (Å²) in [5.41, 5.74) is 4.79. The van der Waals surface area contributed by atoms with Crippen LogP contribution in [0.3, 0.4) is 0 Å². The van der Waals surface area contributed by atoms with Crippen LogP contribution >= 0.6 is 0 Å². The van der Waals surface area contributed by atoms with E-state index >= 15 is 0 Å². The lowest BCUT2D eigenvalue weighted by Crippen LogP contribution is -2.70. The molecule has 0 aromatic rings. The molecule has 9 nitrogen and oxygen atoms in total. The Bertz CT molecular complexity index is 692. The van der Waals surface area contributed by atoms with E-state index in [0.717, 1.165) is 4.90 Å². The lowest BCUT2D eigenvalue weighted by Gasteiger charge is -2.40. The van der Waals surface area contributed by atoms with Gasteiger partial charge in [0.05, 0.1) is 5.41 Å². The Morgan fingerprint density at radius 1 is 1.25 bits per heavy atom. The largest absolute Gasteiger partial charge is 0.427 e. The number of carbonyl (C=O) groups excluding carboxylic acids is 3. The number of carbonyl (C=O) groups is 3. The molecule has 0 saturated carbocycles. The van der Waals surface area contributed by atoms with Gasteiger partial charge in [-0.15, -0.1) is 0 Å².